The molecule has 1 aromatic rings. The summed E-state index contributed by atoms with van der Waals surface area (Å²) in [7, 11) is 0. The van der Waals surface area contributed by atoms with Gasteiger partial charge in [0.15, 0.2) is 0 Å². The van der Waals surface area contributed by atoms with Crippen molar-refractivity contribution in [3.8, 4) is 0 Å². The van der Waals surface area contributed by atoms with Crippen LogP contribution in [0.2, 0.25) is 0 Å². The van der Waals surface area contributed by atoms with Gasteiger partial charge in [-0.3, -0.25) is 5.32 Å². The zero-order valence-corrected chi connectivity index (χ0v) is 27.9. The second-order valence-corrected chi connectivity index (χ2v) is 12.7. The Kier molecular flexibility index (Phi) is 11.2. The van der Waals surface area contributed by atoms with Crippen LogP contribution in [0.3, 0.4) is 0 Å². The van der Waals surface area contributed by atoms with Gasteiger partial charge in [-0.1, -0.05) is 59.1 Å². The van der Waals surface area contributed by atoms with Gasteiger partial charge in [0.25, 0.3) is 0 Å². The molecular formula is C33H50IrN2O3S-2. The van der Waals surface area contributed by atoms with Crippen LogP contribution < -0.4 is 5.32 Å². The Morgan fingerprint density at radius 3 is 2.67 bits per heavy atom. The van der Waals surface area contributed by atoms with Gasteiger partial charge in [-0.2, -0.15) is 5.57 Å². The van der Waals surface area contributed by atoms with Crippen molar-refractivity contribution in [3.05, 3.63) is 68.4 Å². The third kappa shape index (κ3) is 7.65. The predicted molar refractivity (Wildman–Crippen MR) is 163 cm³/mol. The molecule has 1 aliphatic carbocycles. The Morgan fingerprint density at radius 1 is 1.25 bits per heavy atom. The molecule has 3 N–H and O–H groups in total. The summed E-state index contributed by atoms with van der Waals surface area (Å²) in [6, 6.07) is 1.82. The molecular weight excluding hydrogens is 697 g/mol. The van der Waals surface area contributed by atoms with Gasteiger partial charge in [-0.05, 0) is 73.2 Å². The predicted octanol–water partition coefficient (Wildman–Crippen LogP) is 7.90. The van der Waals surface area contributed by atoms with Crippen LogP contribution in [-0.4, -0.2) is 34.6 Å². The number of nitrogens with zero attached hydrogens (tertiary/aromatic N) is 1. The summed E-state index contributed by atoms with van der Waals surface area (Å²) in [6.07, 6.45) is 13.8. The number of aliphatic hydroxyl groups is 2. The molecule has 0 spiro atoms. The Hall–Kier alpha value is -1.08. The minimum absolute atomic E-state index is 0. The fraction of sp³-hybridized carbons (Fsp3) is 0.667. The molecule has 0 aromatic carbocycles. The molecule has 1 aromatic heterocycles. The van der Waals surface area contributed by atoms with Crippen LogP contribution in [-0.2, 0) is 37.8 Å². The van der Waals surface area contributed by atoms with E-state index in [0.717, 1.165) is 57.2 Å². The molecule has 1 unspecified atom stereocenters. The molecule has 40 heavy (non-hydrogen) atoms. The summed E-state index contributed by atoms with van der Waals surface area (Å²) in [4.78, 5) is 2.75. The first-order chi connectivity index (χ1) is 20.0. The van der Waals surface area contributed by atoms with Crippen LogP contribution in [0.25, 0.3) is 5.32 Å². The molecule has 1 fully saturated rings. The van der Waals surface area contributed by atoms with Gasteiger partial charge in [-0.15, -0.1) is 30.3 Å². The molecule has 0 bridgehead atoms. The molecule has 1 radical (unpaired) electrons. The molecule has 5 nitrogen and oxygen atoms in total. The average molecular weight is 750 g/mol. The first-order valence-electron chi connectivity index (χ1n) is 16.5. The van der Waals surface area contributed by atoms with Crippen LogP contribution >= 0.6 is 11.3 Å². The molecule has 0 amide bonds. The number of hydrogen-bond acceptors (Lipinski definition) is 5. The fourth-order valence-corrected chi connectivity index (χ4v) is 7.49. The summed E-state index contributed by atoms with van der Waals surface area (Å²) < 4.78 is 29.4. The summed E-state index contributed by atoms with van der Waals surface area (Å²) >= 11 is 1.85. The molecule has 1 saturated heterocycles. The second kappa shape index (κ2) is 15.4. The van der Waals surface area contributed by atoms with Crippen molar-refractivity contribution in [3.63, 3.8) is 0 Å². The van der Waals surface area contributed by atoms with E-state index in [9.17, 15) is 10.2 Å². The fourth-order valence-electron chi connectivity index (χ4n) is 6.49. The van der Waals surface area contributed by atoms with E-state index in [1.54, 1.807) is 6.08 Å². The van der Waals surface area contributed by atoms with E-state index in [1.807, 2.05) is 17.4 Å². The first-order valence-corrected chi connectivity index (χ1v) is 15.8. The summed E-state index contributed by atoms with van der Waals surface area (Å²) in [6.45, 7) is 9.16. The van der Waals surface area contributed by atoms with Gasteiger partial charge in [-0.25, -0.2) is 6.42 Å². The molecule has 3 aliphatic heterocycles. The Labute approximate surface area is 264 Å². The Balaban J connectivity index is 0.000000274. The summed E-state index contributed by atoms with van der Waals surface area (Å²) in [5.41, 5.74) is 2.66. The third-order valence-electron chi connectivity index (χ3n) is 8.93. The van der Waals surface area contributed by atoms with Gasteiger partial charge < -0.3 is 20.3 Å². The van der Waals surface area contributed by atoms with E-state index in [1.165, 1.54) is 20.9 Å². The Bertz CT molecular complexity index is 1140. The maximum atomic E-state index is 9.88. The topological polar surface area (TPSA) is 75.8 Å². The average Bonchev–Trinajstić information content (AvgIpc) is 3.52. The Morgan fingerprint density at radius 2 is 2.00 bits per heavy atom. The number of ether oxygens (including phenoxy) is 1. The molecule has 4 aliphatic rings. The molecule has 6 atom stereocenters. The SMILES string of the molecule is CCC(CC)/C(O)=C/[C@@H](O)C(CC)CC.[2H]C([2H])([2H])[C@@H]1C=CC2[C@@H]3CC[CH-]C([C@H]4Cc5cc(C)sc5C[N-]4)=C3O[C@@H]2N1.[Ir]. The zero-order chi connectivity index (χ0) is 30.6. The number of allylic oxidation sites excluding steroid dienone is 2. The largest absolute Gasteiger partial charge is 0.653 e. The van der Waals surface area contributed by atoms with Crippen molar-refractivity contribution in [2.24, 2.45) is 23.7 Å². The number of thiophene rings is 1. The second-order valence-electron chi connectivity index (χ2n) is 11.4. The first kappa shape index (κ1) is 29.0. The van der Waals surface area contributed by atoms with Crippen LogP contribution in [0.5, 0.6) is 0 Å². The van der Waals surface area contributed by atoms with Crippen molar-refractivity contribution < 1.29 is 39.2 Å². The van der Waals surface area contributed by atoms with Gasteiger partial charge in [0.05, 0.1) is 11.9 Å². The maximum Gasteiger partial charge on any atom is 0.134 e. The molecule has 0 saturated carbocycles. The van der Waals surface area contributed by atoms with E-state index in [0.29, 0.717) is 11.7 Å². The quantitative estimate of drug-likeness (QED) is 0.144. The molecule has 7 heteroatoms. The monoisotopic (exact) mass is 750 g/mol. The number of fused-ring (bicyclic) bond motifs is 4. The standard InChI is InChI=1S/C20H24N2OS.C13H26O2.Ir/c1-11-6-7-15-14-4-3-5-16(19(14)23-20(15)22-11)17-9-13-8-12(2)24-18(13)10-21-17;1-5-10(6-2)12(14)9-13(15)11(7-3)8-4;/h5-8,11,14-15,17,20,22H,3-4,9-10H2,1-2H3;9-12,14-15H,5-8H2,1-4H3;/q-2;;/b;13-9-;/t11-,14+,15?,17-,20+;12-;/m11./s1/i1D3;;. The van der Waals surface area contributed by atoms with E-state index >= 15 is 0 Å². The van der Waals surface area contributed by atoms with Gasteiger partial charge in [0.2, 0.25) is 0 Å². The summed E-state index contributed by atoms with van der Waals surface area (Å²) in [5.74, 6) is 2.42. The minimum Gasteiger partial charge on any atom is -0.653 e. The summed E-state index contributed by atoms with van der Waals surface area (Å²) in [5, 5.41) is 27.9. The maximum absolute atomic E-state index is 9.88. The molecule has 5 rings (SSSR count). The smallest absolute Gasteiger partial charge is 0.134 e. The molecule has 4 heterocycles. The van der Waals surface area contributed by atoms with Crippen LogP contribution in [0.1, 0.15) is 92.5 Å². The van der Waals surface area contributed by atoms with Crippen LogP contribution in [0.15, 0.2) is 41.4 Å². The molecule has 227 valence electrons. The zero-order valence-electron chi connectivity index (χ0n) is 27.7. The van der Waals surface area contributed by atoms with E-state index in [-0.39, 0.29) is 50.1 Å². The van der Waals surface area contributed by atoms with Crippen LogP contribution in [0.4, 0.5) is 0 Å². The van der Waals surface area contributed by atoms with Gasteiger partial charge in [0.1, 0.15) is 6.23 Å². The van der Waals surface area contributed by atoms with Crippen molar-refractivity contribution in [2.75, 3.05) is 0 Å². The number of aliphatic hydroxyl groups excluding tert-OH is 2. The minimum atomic E-state index is -2.05. The van der Waals surface area contributed by atoms with Crippen LogP contribution in [0, 0.1) is 37.0 Å². The van der Waals surface area contributed by atoms with Gasteiger partial charge >= 0.3 is 0 Å². The third-order valence-corrected chi connectivity index (χ3v) is 10.0. The van der Waals surface area contributed by atoms with Gasteiger partial charge in [0, 0.05) is 47.0 Å². The van der Waals surface area contributed by atoms with E-state index in [4.69, 9.17) is 14.2 Å². The number of aryl methyl sites for hydroxylation is 1. The number of nitrogens with one attached hydrogen (secondary N) is 1. The van der Waals surface area contributed by atoms with Crippen molar-refractivity contribution in [1.82, 2.24) is 5.32 Å². The number of rotatable bonds is 8. The van der Waals surface area contributed by atoms with E-state index < -0.39 is 19.0 Å². The van der Waals surface area contributed by atoms with Crippen molar-refractivity contribution in [2.45, 2.75) is 117 Å². The van der Waals surface area contributed by atoms with E-state index in [2.05, 4.69) is 58.5 Å². The normalized spacial score (nSPS) is 29.4. The number of hydrogen-bond donors (Lipinski definition) is 3. The van der Waals surface area contributed by atoms with Crippen molar-refractivity contribution >= 4 is 11.3 Å². The van der Waals surface area contributed by atoms with Crippen molar-refractivity contribution in [1.29, 1.82) is 0 Å².